The number of rotatable bonds is 4. The second kappa shape index (κ2) is 6.57. The van der Waals surface area contributed by atoms with Gasteiger partial charge >= 0.3 is 5.63 Å². The number of benzene rings is 2. The molecule has 4 heteroatoms. The van der Waals surface area contributed by atoms with Gasteiger partial charge in [0.2, 0.25) is 0 Å². The summed E-state index contributed by atoms with van der Waals surface area (Å²) in [5.41, 5.74) is 3.21. The molecule has 0 amide bonds. The highest BCUT2D eigenvalue weighted by Gasteiger charge is 2.10. The summed E-state index contributed by atoms with van der Waals surface area (Å²) in [4.78, 5) is 11.8. The van der Waals surface area contributed by atoms with Crippen LogP contribution in [0.15, 0.2) is 57.7 Å². The highest BCUT2D eigenvalue weighted by atomic mass is 35.5. The molecule has 1 aromatic heterocycles. The molecule has 0 radical (unpaired) electrons. The lowest BCUT2D eigenvalue weighted by atomic mass is 10.1. The normalized spacial score (nSPS) is 12.5. The van der Waals surface area contributed by atoms with Crippen LogP contribution in [-0.2, 0) is 6.54 Å². The van der Waals surface area contributed by atoms with E-state index in [0.717, 1.165) is 16.5 Å². The zero-order chi connectivity index (χ0) is 16.4. The SMILES string of the molecule is Cc1cc2oc(=O)cc(CN[C@@H](C)c3ccccc3)c2cc1Cl. The van der Waals surface area contributed by atoms with Gasteiger partial charge in [0.1, 0.15) is 5.58 Å². The van der Waals surface area contributed by atoms with Crippen LogP contribution in [0.1, 0.15) is 29.7 Å². The Labute approximate surface area is 139 Å². The Kier molecular flexibility index (Phi) is 4.51. The number of hydrogen-bond donors (Lipinski definition) is 1. The van der Waals surface area contributed by atoms with Gasteiger partial charge in [-0.05, 0) is 42.7 Å². The fraction of sp³-hybridized carbons (Fsp3) is 0.211. The minimum absolute atomic E-state index is 0.180. The predicted molar refractivity (Wildman–Crippen MR) is 93.9 cm³/mol. The van der Waals surface area contributed by atoms with E-state index in [1.807, 2.05) is 37.3 Å². The fourth-order valence-corrected chi connectivity index (χ4v) is 2.78. The third kappa shape index (κ3) is 3.46. The summed E-state index contributed by atoms with van der Waals surface area (Å²) in [5, 5.41) is 4.98. The van der Waals surface area contributed by atoms with E-state index < -0.39 is 0 Å². The maximum absolute atomic E-state index is 11.8. The van der Waals surface area contributed by atoms with Gasteiger partial charge in [0, 0.05) is 29.1 Å². The molecule has 3 aromatic rings. The Morgan fingerprint density at radius 3 is 2.65 bits per heavy atom. The number of fused-ring (bicyclic) bond motifs is 1. The van der Waals surface area contributed by atoms with Crippen molar-refractivity contribution in [2.24, 2.45) is 0 Å². The van der Waals surface area contributed by atoms with Crippen molar-refractivity contribution in [1.82, 2.24) is 5.32 Å². The van der Waals surface area contributed by atoms with Crippen LogP contribution in [-0.4, -0.2) is 0 Å². The van der Waals surface area contributed by atoms with Gasteiger partial charge in [-0.15, -0.1) is 0 Å². The minimum Gasteiger partial charge on any atom is -0.423 e. The van der Waals surface area contributed by atoms with Crippen molar-refractivity contribution >= 4 is 22.6 Å². The highest BCUT2D eigenvalue weighted by molar-refractivity contribution is 6.32. The molecule has 1 atom stereocenters. The lowest BCUT2D eigenvalue weighted by molar-refractivity contribution is 0.547. The quantitative estimate of drug-likeness (QED) is 0.712. The molecule has 3 rings (SSSR count). The van der Waals surface area contributed by atoms with Gasteiger partial charge in [0.15, 0.2) is 0 Å². The summed E-state index contributed by atoms with van der Waals surface area (Å²) in [5.74, 6) is 0. The van der Waals surface area contributed by atoms with Crippen molar-refractivity contribution in [2.75, 3.05) is 0 Å². The predicted octanol–water partition coefficient (Wildman–Crippen LogP) is 4.61. The van der Waals surface area contributed by atoms with Gasteiger partial charge in [-0.1, -0.05) is 41.9 Å². The van der Waals surface area contributed by atoms with E-state index in [-0.39, 0.29) is 11.7 Å². The van der Waals surface area contributed by atoms with E-state index >= 15 is 0 Å². The minimum atomic E-state index is -0.344. The molecule has 0 aliphatic rings. The van der Waals surface area contributed by atoms with Crippen LogP contribution in [0.2, 0.25) is 5.02 Å². The molecule has 3 nitrogen and oxygen atoms in total. The summed E-state index contributed by atoms with van der Waals surface area (Å²) in [6.07, 6.45) is 0. The van der Waals surface area contributed by atoms with Crippen molar-refractivity contribution in [1.29, 1.82) is 0 Å². The summed E-state index contributed by atoms with van der Waals surface area (Å²) < 4.78 is 5.29. The molecular weight excluding hydrogens is 310 g/mol. The Hall–Kier alpha value is -2.10. The number of hydrogen-bond acceptors (Lipinski definition) is 3. The van der Waals surface area contributed by atoms with E-state index in [9.17, 15) is 4.79 Å². The third-order valence-electron chi connectivity index (χ3n) is 4.01. The summed E-state index contributed by atoms with van der Waals surface area (Å²) in [6, 6.07) is 15.6. The lowest BCUT2D eigenvalue weighted by Gasteiger charge is -2.15. The van der Waals surface area contributed by atoms with E-state index in [4.69, 9.17) is 16.0 Å². The highest BCUT2D eigenvalue weighted by Crippen LogP contribution is 2.25. The molecule has 1 N–H and O–H groups in total. The molecule has 1 heterocycles. The molecule has 0 saturated heterocycles. The van der Waals surface area contributed by atoms with Gasteiger partial charge in [0.25, 0.3) is 0 Å². The fourth-order valence-electron chi connectivity index (χ4n) is 2.62. The van der Waals surface area contributed by atoms with Gasteiger partial charge in [-0.25, -0.2) is 4.79 Å². The Morgan fingerprint density at radius 2 is 1.91 bits per heavy atom. The first-order valence-corrected chi connectivity index (χ1v) is 7.93. The molecule has 0 aliphatic carbocycles. The van der Waals surface area contributed by atoms with Crippen LogP contribution in [0.3, 0.4) is 0 Å². The molecule has 118 valence electrons. The van der Waals surface area contributed by atoms with Crippen LogP contribution in [0, 0.1) is 6.92 Å². The van der Waals surface area contributed by atoms with E-state index in [2.05, 4.69) is 24.4 Å². The third-order valence-corrected chi connectivity index (χ3v) is 4.41. The maximum atomic E-state index is 11.8. The van der Waals surface area contributed by atoms with E-state index in [0.29, 0.717) is 17.2 Å². The molecule has 0 unspecified atom stereocenters. The zero-order valence-electron chi connectivity index (χ0n) is 13.1. The maximum Gasteiger partial charge on any atom is 0.336 e. The molecule has 0 saturated carbocycles. The molecule has 23 heavy (non-hydrogen) atoms. The lowest BCUT2D eigenvalue weighted by Crippen LogP contribution is -2.19. The summed E-state index contributed by atoms with van der Waals surface area (Å²) in [7, 11) is 0. The Balaban J connectivity index is 1.91. The number of aryl methyl sites for hydroxylation is 1. The Bertz CT molecular complexity index is 887. The van der Waals surface area contributed by atoms with Gasteiger partial charge in [-0.3, -0.25) is 0 Å². The summed E-state index contributed by atoms with van der Waals surface area (Å²) in [6.45, 7) is 4.56. The average Bonchev–Trinajstić information content (AvgIpc) is 2.55. The second-order valence-corrected chi connectivity index (χ2v) is 6.11. The molecule has 0 spiro atoms. The molecule has 0 bridgehead atoms. The topological polar surface area (TPSA) is 42.2 Å². The van der Waals surface area contributed by atoms with Crippen molar-refractivity contribution in [2.45, 2.75) is 26.4 Å². The second-order valence-electron chi connectivity index (χ2n) is 5.70. The van der Waals surface area contributed by atoms with Gasteiger partial charge < -0.3 is 9.73 Å². The van der Waals surface area contributed by atoms with Crippen LogP contribution >= 0.6 is 11.6 Å². The number of halogens is 1. The first kappa shape index (κ1) is 15.8. The van der Waals surface area contributed by atoms with Crippen molar-refractivity contribution in [3.63, 3.8) is 0 Å². The molecule has 0 aliphatic heterocycles. The van der Waals surface area contributed by atoms with Crippen molar-refractivity contribution in [3.8, 4) is 0 Å². The standard InChI is InChI=1S/C19H18ClNO2/c1-12-8-18-16(10-17(12)20)15(9-19(22)23-18)11-21-13(2)14-6-4-3-5-7-14/h3-10,13,21H,11H2,1-2H3/t13-/m0/s1. The monoisotopic (exact) mass is 327 g/mol. The van der Waals surface area contributed by atoms with Crippen LogP contribution < -0.4 is 10.9 Å². The molecule has 2 aromatic carbocycles. The molecule has 0 fully saturated rings. The van der Waals surface area contributed by atoms with Crippen LogP contribution in [0.25, 0.3) is 11.0 Å². The molecular formula is C19H18ClNO2. The van der Waals surface area contributed by atoms with Gasteiger partial charge in [0.05, 0.1) is 0 Å². The van der Waals surface area contributed by atoms with Gasteiger partial charge in [-0.2, -0.15) is 0 Å². The first-order valence-electron chi connectivity index (χ1n) is 7.56. The van der Waals surface area contributed by atoms with Crippen molar-refractivity contribution < 1.29 is 4.42 Å². The smallest absolute Gasteiger partial charge is 0.336 e. The first-order chi connectivity index (χ1) is 11.0. The average molecular weight is 328 g/mol. The summed E-state index contributed by atoms with van der Waals surface area (Å²) >= 11 is 6.22. The van der Waals surface area contributed by atoms with Crippen molar-refractivity contribution in [3.05, 3.63) is 80.7 Å². The number of nitrogens with one attached hydrogen (secondary N) is 1. The van der Waals surface area contributed by atoms with Crippen LogP contribution in [0.4, 0.5) is 0 Å². The zero-order valence-corrected chi connectivity index (χ0v) is 13.9. The van der Waals surface area contributed by atoms with E-state index in [1.54, 1.807) is 0 Å². The van der Waals surface area contributed by atoms with Crippen LogP contribution in [0.5, 0.6) is 0 Å². The van der Waals surface area contributed by atoms with E-state index in [1.165, 1.54) is 11.6 Å². The Morgan fingerprint density at radius 1 is 1.17 bits per heavy atom. The largest absolute Gasteiger partial charge is 0.423 e.